The number of aliphatic hydroxyl groups excluding tert-OH is 2. The minimum absolute atomic E-state index is 0.0693. The van der Waals surface area contributed by atoms with Gasteiger partial charge < -0.3 is 24.4 Å². The van der Waals surface area contributed by atoms with Crippen LogP contribution in [0, 0.1) is 0 Å². The third kappa shape index (κ3) is 7.61. The van der Waals surface area contributed by atoms with Crippen molar-refractivity contribution in [2.75, 3.05) is 7.11 Å². The van der Waals surface area contributed by atoms with Crippen molar-refractivity contribution >= 4 is 11.9 Å². The summed E-state index contributed by atoms with van der Waals surface area (Å²) in [5.41, 5.74) is 1.64. The van der Waals surface area contributed by atoms with Gasteiger partial charge in [0, 0.05) is 6.08 Å². The summed E-state index contributed by atoms with van der Waals surface area (Å²) in [5.74, 6) is -1.31. The van der Waals surface area contributed by atoms with Crippen LogP contribution in [-0.2, 0) is 25.6 Å². The van der Waals surface area contributed by atoms with E-state index in [0.29, 0.717) is 11.1 Å². The molecule has 0 saturated heterocycles. The van der Waals surface area contributed by atoms with Gasteiger partial charge in [0.05, 0.1) is 19.3 Å². The van der Waals surface area contributed by atoms with Crippen LogP contribution in [0.25, 0.3) is 0 Å². The molecule has 0 spiro atoms. The second-order valence-electron chi connectivity index (χ2n) is 7.73. The maximum atomic E-state index is 12.8. The van der Waals surface area contributed by atoms with Crippen molar-refractivity contribution in [1.29, 1.82) is 0 Å². The van der Waals surface area contributed by atoms with Crippen LogP contribution >= 0.6 is 0 Å². The van der Waals surface area contributed by atoms with Gasteiger partial charge in [0.2, 0.25) is 0 Å². The topological polar surface area (TPSA) is 102 Å². The number of carbonyl (C=O) groups is 2. The van der Waals surface area contributed by atoms with Crippen molar-refractivity contribution in [1.82, 2.24) is 0 Å². The van der Waals surface area contributed by atoms with Gasteiger partial charge in [0.1, 0.15) is 18.3 Å². The third-order valence-electron chi connectivity index (χ3n) is 5.27. The predicted octanol–water partition coefficient (Wildman–Crippen LogP) is 3.62. The second-order valence-corrected chi connectivity index (χ2v) is 7.73. The van der Waals surface area contributed by atoms with Crippen molar-refractivity contribution in [3.63, 3.8) is 0 Å². The van der Waals surface area contributed by atoms with Gasteiger partial charge in [-0.2, -0.15) is 0 Å². The van der Waals surface area contributed by atoms with E-state index in [9.17, 15) is 19.8 Å². The van der Waals surface area contributed by atoms with Crippen molar-refractivity contribution < 1.29 is 34.0 Å². The summed E-state index contributed by atoms with van der Waals surface area (Å²) in [6.07, 6.45) is -3.08. The zero-order chi connectivity index (χ0) is 25.0. The van der Waals surface area contributed by atoms with E-state index in [-0.39, 0.29) is 6.61 Å². The van der Waals surface area contributed by atoms with Gasteiger partial charge in [-0.1, -0.05) is 78.9 Å². The van der Waals surface area contributed by atoms with Gasteiger partial charge in [-0.3, -0.25) is 0 Å². The van der Waals surface area contributed by atoms with E-state index < -0.39 is 36.4 Å². The van der Waals surface area contributed by atoms with E-state index in [1.807, 2.05) is 30.3 Å². The van der Waals surface area contributed by atoms with Gasteiger partial charge in [0.25, 0.3) is 0 Å². The Labute approximate surface area is 204 Å². The normalized spacial score (nSPS) is 14.6. The van der Waals surface area contributed by atoms with E-state index in [0.717, 1.165) is 11.6 Å². The zero-order valence-corrected chi connectivity index (χ0v) is 19.3. The summed E-state index contributed by atoms with van der Waals surface area (Å²) in [6, 6.07) is 26.3. The average molecular weight is 477 g/mol. The first-order valence-electron chi connectivity index (χ1n) is 11.1. The minimum atomic E-state index is -1.48. The number of ether oxygens (including phenoxy) is 3. The molecule has 0 aromatic heterocycles. The third-order valence-corrected chi connectivity index (χ3v) is 5.27. The van der Waals surface area contributed by atoms with E-state index in [4.69, 9.17) is 9.47 Å². The first-order valence-corrected chi connectivity index (χ1v) is 11.1. The van der Waals surface area contributed by atoms with Crippen molar-refractivity contribution in [2.24, 2.45) is 0 Å². The highest BCUT2D eigenvalue weighted by Crippen LogP contribution is 2.28. The highest BCUT2D eigenvalue weighted by molar-refractivity contribution is 5.89. The molecule has 2 N–H and O–H groups in total. The van der Waals surface area contributed by atoms with Gasteiger partial charge in [-0.05, 0) is 29.3 Å². The first-order chi connectivity index (χ1) is 17.0. The molecule has 4 atom stereocenters. The molecule has 0 aliphatic rings. The quantitative estimate of drug-likeness (QED) is 0.322. The van der Waals surface area contributed by atoms with Crippen LogP contribution in [0.3, 0.4) is 0 Å². The molecule has 3 aromatic rings. The molecule has 7 heteroatoms. The van der Waals surface area contributed by atoms with Gasteiger partial charge >= 0.3 is 11.9 Å². The molecule has 182 valence electrons. The second kappa shape index (κ2) is 13.2. The monoisotopic (exact) mass is 476 g/mol. The molecular weight excluding hydrogens is 448 g/mol. The number of aliphatic hydroxyl groups is 2. The Balaban J connectivity index is 1.90. The molecule has 0 aliphatic heterocycles. The van der Waals surface area contributed by atoms with Crippen LogP contribution in [0.2, 0.25) is 0 Å². The Morgan fingerprint density at radius 2 is 1.43 bits per heavy atom. The van der Waals surface area contributed by atoms with Crippen LogP contribution in [0.1, 0.15) is 27.6 Å². The molecule has 35 heavy (non-hydrogen) atoms. The van der Waals surface area contributed by atoms with E-state index >= 15 is 0 Å². The molecule has 0 unspecified atom stereocenters. The molecule has 0 aliphatic carbocycles. The van der Waals surface area contributed by atoms with Crippen molar-refractivity contribution in [3.8, 4) is 0 Å². The Kier molecular flexibility index (Phi) is 9.74. The van der Waals surface area contributed by atoms with Crippen LogP contribution < -0.4 is 0 Å². The highest BCUT2D eigenvalue weighted by Gasteiger charge is 2.36. The Bertz CT molecular complexity index is 1080. The number of rotatable bonds is 11. The lowest BCUT2D eigenvalue weighted by Crippen LogP contribution is -2.43. The highest BCUT2D eigenvalue weighted by atomic mass is 16.6. The first kappa shape index (κ1) is 25.8. The number of methoxy groups -OCH3 is 1. The standard InChI is InChI=1S/C28H28O7/c1-33-24(30)18-17-23(29)27(34-19-20-11-5-2-6-12-20)25(31)26(21-13-7-3-8-14-21)35-28(32)22-15-9-4-10-16-22/h2-18,23,25-27,29,31H,19H2,1H3/b18-17+/t23-,25+,26+,27+/m0/s1. The van der Waals surface area contributed by atoms with E-state index in [2.05, 4.69) is 4.74 Å². The zero-order valence-electron chi connectivity index (χ0n) is 19.3. The van der Waals surface area contributed by atoms with Crippen LogP contribution in [0.15, 0.2) is 103 Å². The Morgan fingerprint density at radius 1 is 0.857 bits per heavy atom. The molecule has 7 nitrogen and oxygen atoms in total. The van der Waals surface area contributed by atoms with E-state index in [1.54, 1.807) is 60.7 Å². The summed E-state index contributed by atoms with van der Waals surface area (Å²) < 4.78 is 16.2. The molecular formula is C28H28O7. The fourth-order valence-corrected chi connectivity index (χ4v) is 3.43. The molecule has 0 amide bonds. The molecule has 0 saturated carbocycles. The number of hydrogen-bond acceptors (Lipinski definition) is 7. The Hall–Kier alpha value is -3.78. The maximum Gasteiger partial charge on any atom is 0.338 e. The van der Waals surface area contributed by atoms with Crippen LogP contribution in [0.5, 0.6) is 0 Å². The molecule has 3 aromatic carbocycles. The molecule has 0 radical (unpaired) electrons. The lowest BCUT2D eigenvalue weighted by atomic mass is 9.96. The molecule has 0 heterocycles. The fraction of sp³-hybridized carbons (Fsp3) is 0.214. The molecule has 0 fully saturated rings. The van der Waals surface area contributed by atoms with Gasteiger partial charge in [0.15, 0.2) is 6.10 Å². The lowest BCUT2D eigenvalue weighted by Gasteiger charge is -2.32. The molecule has 3 rings (SSSR count). The predicted molar refractivity (Wildman–Crippen MR) is 129 cm³/mol. The molecule has 0 bridgehead atoms. The average Bonchev–Trinajstić information content (AvgIpc) is 2.91. The smallest absolute Gasteiger partial charge is 0.338 e. The summed E-state index contributed by atoms with van der Waals surface area (Å²) in [7, 11) is 1.21. The van der Waals surface area contributed by atoms with Crippen molar-refractivity contribution in [2.45, 2.75) is 31.0 Å². The number of benzene rings is 3. The Morgan fingerprint density at radius 3 is 2.03 bits per heavy atom. The van der Waals surface area contributed by atoms with Crippen molar-refractivity contribution in [3.05, 3.63) is 120 Å². The van der Waals surface area contributed by atoms with Gasteiger partial charge in [-0.15, -0.1) is 0 Å². The fourth-order valence-electron chi connectivity index (χ4n) is 3.43. The summed E-state index contributed by atoms with van der Waals surface area (Å²) in [6.45, 7) is 0.0693. The largest absolute Gasteiger partial charge is 0.466 e. The van der Waals surface area contributed by atoms with Crippen LogP contribution in [-0.4, -0.2) is 47.6 Å². The summed E-state index contributed by atoms with van der Waals surface area (Å²) in [5, 5.41) is 22.2. The number of hydrogen-bond donors (Lipinski definition) is 2. The number of carbonyl (C=O) groups excluding carboxylic acids is 2. The van der Waals surface area contributed by atoms with E-state index in [1.165, 1.54) is 13.2 Å². The minimum Gasteiger partial charge on any atom is -0.466 e. The summed E-state index contributed by atoms with van der Waals surface area (Å²) in [4.78, 5) is 24.4. The summed E-state index contributed by atoms with van der Waals surface area (Å²) >= 11 is 0. The van der Waals surface area contributed by atoms with Gasteiger partial charge in [-0.25, -0.2) is 9.59 Å². The van der Waals surface area contributed by atoms with Crippen LogP contribution in [0.4, 0.5) is 0 Å². The maximum absolute atomic E-state index is 12.8. The number of esters is 2. The lowest BCUT2D eigenvalue weighted by molar-refractivity contribution is -0.136. The SMILES string of the molecule is COC(=O)/C=C/[C@H](O)[C@@H](OCc1ccccc1)[C@H](O)[C@H](OC(=O)c1ccccc1)c1ccccc1.